The van der Waals surface area contributed by atoms with Gasteiger partial charge in [-0.1, -0.05) is 136 Å². The molecule has 8 rings (SSSR count). The van der Waals surface area contributed by atoms with Crippen LogP contribution >= 0.6 is 0 Å². The van der Waals surface area contributed by atoms with Gasteiger partial charge in [0.15, 0.2) is 0 Å². The van der Waals surface area contributed by atoms with E-state index in [4.69, 9.17) is 0 Å². The Balaban J connectivity index is 0.00000200. The van der Waals surface area contributed by atoms with Crippen molar-refractivity contribution in [1.82, 2.24) is 0 Å². The zero-order valence-corrected chi connectivity index (χ0v) is 39.6. The molecule has 8 aromatic carbocycles. The van der Waals surface area contributed by atoms with Crippen LogP contribution in [0.4, 0.5) is 0 Å². The number of hydrogen-bond acceptors (Lipinski definition) is 0. The van der Waals surface area contributed by atoms with E-state index in [2.05, 4.69) is 201 Å². The molecule has 0 radical (unpaired) electrons. The number of fused-ring (bicyclic) bond motifs is 2. The van der Waals surface area contributed by atoms with Crippen LogP contribution in [0, 0.1) is 42.5 Å². The van der Waals surface area contributed by atoms with Crippen LogP contribution in [0.1, 0.15) is 49.9 Å². The topological polar surface area (TPSA) is 0 Å². The van der Waals surface area contributed by atoms with Crippen LogP contribution in [0.5, 0.6) is 0 Å². The van der Waals surface area contributed by atoms with Gasteiger partial charge in [0.2, 0.25) is 0 Å². The predicted molar refractivity (Wildman–Crippen MR) is 248 cm³/mol. The second-order valence-corrected chi connectivity index (χ2v) is 21.1. The molecule has 2 heteroatoms. The van der Waals surface area contributed by atoms with Gasteiger partial charge in [-0.2, -0.15) is 12.1 Å². The monoisotopic (exact) mass is 912 g/mol. The van der Waals surface area contributed by atoms with Gasteiger partial charge in [0.05, 0.1) is 8.07 Å². The summed E-state index contributed by atoms with van der Waals surface area (Å²) in [6, 6.07) is 55.4. The third kappa shape index (κ3) is 6.98. The van der Waals surface area contributed by atoms with Crippen LogP contribution in [0.3, 0.4) is 0 Å². The minimum atomic E-state index is -2.31. The van der Waals surface area contributed by atoms with Crippen LogP contribution in [0.15, 0.2) is 146 Å². The van der Waals surface area contributed by atoms with Gasteiger partial charge in [0.25, 0.3) is 0 Å². The third-order valence-corrected chi connectivity index (χ3v) is 18.3. The van der Waals surface area contributed by atoms with Gasteiger partial charge >= 0.3 is 25.8 Å². The van der Waals surface area contributed by atoms with Crippen molar-refractivity contribution in [1.29, 1.82) is 0 Å². The second kappa shape index (κ2) is 17.0. The number of aryl methyl sites for hydroxylation is 4. The minimum Gasteiger partial charge on any atom is -0.358 e. The standard InChI is InChI=1S/C52H50Si.2CH3.Hf/c1-33(2)53(34(3)4,41-29-39-21-15-27-45(49(39)31-41)43-23-9-11-25-47(43)51-35(5)17-13-18-36(51)6)42-30-40-22-16-28-46(50(40)32-42)44-24-10-12-26-48(44)52-37(7)19-14-20-38(52)8;;;/h9-34H,1-8H3;2*1H3;/q-2;2*-1;+4. The molecule has 280 valence electrons. The van der Waals surface area contributed by atoms with Crippen molar-refractivity contribution in [2.75, 3.05) is 0 Å². The van der Waals surface area contributed by atoms with E-state index in [9.17, 15) is 0 Å². The van der Waals surface area contributed by atoms with Gasteiger partial charge in [-0.25, -0.2) is 0 Å². The van der Waals surface area contributed by atoms with E-state index in [1.165, 1.54) is 88.3 Å². The van der Waals surface area contributed by atoms with Crippen LogP contribution in [-0.4, -0.2) is 8.07 Å². The van der Waals surface area contributed by atoms with Gasteiger partial charge in [-0.3, -0.25) is 0 Å². The van der Waals surface area contributed by atoms with Gasteiger partial charge in [-0.15, -0.1) is 68.3 Å². The first-order valence-electron chi connectivity index (χ1n) is 19.3. The third-order valence-electron chi connectivity index (χ3n) is 12.2. The molecule has 0 nitrogen and oxygen atoms in total. The van der Waals surface area contributed by atoms with Crippen molar-refractivity contribution in [2.45, 2.75) is 66.5 Å². The molecule has 0 fully saturated rings. The first-order chi connectivity index (χ1) is 25.6. The summed E-state index contributed by atoms with van der Waals surface area (Å²) in [7, 11) is -2.31. The fourth-order valence-electron chi connectivity index (χ4n) is 9.93. The molecule has 0 unspecified atom stereocenters. The van der Waals surface area contributed by atoms with Gasteiger partial charge in [0.1, 0.15) is 0 Å². The summed E-state index contributed by atoms with van der Waals surface area (Å²) in [5.74, 6) is 0. The van der Waals surface area contributed by atoms with E-state index in [1.807, 2.05) is 0 Å². The molecule has 0 spiro atoms. The minimum absolute atomic E-state index is 0. The van der Waals surface area contributed by atoms with Crippen molar-refractivity contribution in [3.05, 3.63) is 183 Å². The zero-order chi connectivity index (χ0) is 37.0. The Labute approximate surface area is 357 Å². The summed E-state index contributed by atoms with van der Waals surface area (Å²) >= 11 is 0. The normalized spacial score (nSPS) is 11.5. The molecule has 0 aliphatic rings. The Bertz CT molecular complexity index is 2400. The molecule has 0 aromatic heterocycles. The Morgan fingerprint density at radius 2 is 0.696 bits per heavy atom. The molecular weight excluding hydrogens is 855 g/mol. The second-order valence-electron chi connectivity index (χ2n) is 15.9. The van der Waals surface area contributed by atoms with E-state index in [0.717, 1.165) is 0 Å². The van der Waals surface area contributed by atoms with E-state index < -0.39 is 8.07 Å². The van der Waals surface area contributed by atoms with Crippen molar-refractivity contribution >= 4 is 40.0 Å². The van der Waals surface area contributed by atoms with Gasteiger partial charge < -0.3 is 14.9 Å². The van der Waals surface area contributed by atoms with Crippen molar-refractivity contribution in [3.63, 3.8) is 0 Å². The maximum Gasteiger partial charge on any atom is 4.00 e. The zero-order valence-electron chi connectivity index (χ0n) is 35.0. The Kier molecular flexibility index (Phi) is 13.0. The molecule has 0 bridgehead atoms. The summed E-state index contributed by atoms with van der Waals surface area (Å²) in [6.45, 7) is 18.9. The van der Waals surface area contributed by atoms with Crippen LogP contribution < -0.4 is 10.4 Å². The van der Waals surface area contributed by atoms with E-state index >= 15 is 0 Å². The van der Waals surface area contributed by atoms with Gasteiger partial charge in [0, 0.05) is 0 Å². The molecule has 0 N–H and O–H groups in total. The first-order valence-corrected chi connectivity index (χ1v) is 21.5. The number of benzene rings is 6. The summed E-state index contributed by atoms with van der Waals surface area (Å²) in [5.41, 5.74) is 16.8. The summed E-state index contributed by atoms with van der Waals surface area (Å²) in [6.07, 6.45) is 0. The summed E-state index contributed by atoms with van der Waals surface area (Å²) < 4.78 is 0. The van der Waals surface area contributed by atoms with E-state index in [1.54, 1.807) is 10.4 Å². The average molecular weight is 912 g/mol. The van der Waals surface area contributed by atoms with Crippen LogP contribution in [0.25, 0.3) is 66.1 Å². The van der Waals surface area contributed by atoms with E-state index in [0.29, 0.717) is 11.1 Å². The molecule has 8 aromatic rings. The molecule has 0 aliphatic heterocycles. The van der Waals surface area contributed by atoms with E-state index in [-0.39, 0.29) is 40.7 Å². The maximum absolute atomic E-state index is 2.59. The fourth-order valence-corrected chi connectivity index (χ4v) is 15.8. The molecule has 0 amide bonds. The van der Waals surface area contributed by atoms with Gasteiger partial charge in [-0.05, 0) is 94.4 Å². The quantitative estimate of drug-likeness (QED) is 0.105. The number of rotatable bonds is 8. The number of hydrogen-bond donors (Lipinski definition) is 0. The molecule has 56 heavy (non-hydrogen) atoms. The van der Waals surface area contributed by atoms with Crippen molar-refractivity contribution < 1.29 is 25.8 Å². The van der Waals surface area contributed by atoms with Crippen molar-refractivity contribution in [2.24, 2.45) is 0 Å². The predicted octanol–water partition coefficient (Wildman–Crippen LogP) is 14.6. The summed E-state index contributed by atoms with van der Waals surface area (Å²) in [5, 5.41) is 8.49. The molecule has 0 heterocycles. The van der Waals surface area contributed by atoms with Crippen LogP contribution in [-0.2, 0) is 25.8 Å². The Morgan fingerprint density at radius 3 is 1.04 bits per heavy atom. The molecule has 0 atom stereocenters. The van der Waals surface area contributed by atoms with Crippen LogP contribution in [0.2, 0.25) is 11.1 Å². The maximum atomic E-state index is 2.59. The first kappa shape index (κ1) is 42.8. The SMILES string of the molecule is Cc1cccc(C)c1-c1ccccc1-c1cccc2[cH-]c([Si](c3cc4c(-c5ccccc5-c5c(C)cccc5C)cccc4[cH-]3)(C(C)C)C(C)C)cc12.[CH3-].[CH3-].[Hf+4]. The molecular formula is C54H56HfSi. The smallest absolute Gasteiger partial charge is 0.358 e. The largest absolute Gasteiger partial charge is 4.00 e. The Hall–Kier alpha value is -4.37. The Morgan fingerprint density at radius 1 is 0.393 bits per heavy atom. The molecule has 0 aliphatic carbocycles. The fraction of sp³-hybridized carbons (Fsp3) is 0.185. The molecule has 0 saturated heterocycles. The molecule has 0 saturated carbocycles. The average Bonchev–Trinajstić information content (AvgIpc) is 3.77. The summed E-state index contributed by atoms with van der Waals surface area (Å²) in [4.78, 5) is 0. The van der Waals surface area contributed by atoms with Crippen molar-refractivity contribution in [3.8, 4) is 44.5 Å².